The molecule has 0 radical (unpaired) electrons. The van der Waals surface area contributed by atoms with Crippen molar-refractivity contribution in [2.75, 3.05) is 0 Å². The summed E-state index contributed by atoms with van der Waals surface area (Å²) in [6.07, 6.45) is 0. The lowest BCUT2D eigenvalue weighted by atomic mass is 9.79. The van der Waals surface area contributed by atoms with Crippen LogP contribution >= 0.6 is 20.6 Å². The highest BCUT2D eigenvalue weighted by Crippen LogP contribution is 2.73. The molecule has 0 saturated heterocycles. The molecule has 0 aliphatic heterocycles. The first-order valence-corrected chi connectivity index (χ1v) is 29.3. The van der Waals surface area contributed by atoms with Crippen LogP contribution in [0.4, 0.5) is 22.0 Å². The van der Waals surface area contributed by atoms with E-state index in [1.165, 1.54) is 0 Å². The molecule has 0 spiro atoms. The van der Waals surface area contributed by atoms with Crippen molar-refractivity contribution in [2.45, 2.75) is 186 Å². The Hall–Kier alpha value is -5.13. The van der Waals surface area contributed by atoms with E-state index in [4.69, 9.17) is 8.20 Å². The minimum atomic E-state index is -3.32. The molecule has 0 aliphatic rings. The van der Waals surface area contributed by atoms with E-state index in [1.54, 1.807) is 0 Å². The molecule has 10 heteroatoms. The smallest absolute Gasteiger partial charge is 0.345 e. The average Bonchev–Trinajstić information content (AvgIpc) is 3.34. The molecule has 0 saturated carbocycles. The molecule has 0 unspecified atom stereocenters. The Labute approximate surface area is 455 Å². The Morgan fingerprint density at radius 3 is 0.539 bits per heavy atom. The van der Waals surface area contributed by atoms with E-state index in [0.29, 0.717) is 29.4 Å². The Balaban J connectivity index is 1.69. The zero-order valence-corrected chi connectivity index (χ0v) is 49.6. The first kappa shape index (κ1) is 58.6. The molecule has 0 bridgehead atoms. The molecule has 0 amide bonds. The molecule has 7 aromatic carbocycles. The van der Waals surface area contributed by atoms with Crippen molar-refractivity contribution in [3.8, 4) is 0 Å². The van der Waals surface area contributed by atoms with Gasteiger partial charge in [-0.05, 0) is 139 Å². The molecule has 0 N–H and O–H groups in total. The standard InChI is InChI=1S/C66H78BF5O2S2/c1-61(2,3)43-19-31-49(32-20-43)75(50-33-21-44(22-34-50)62(4,5)6,51-35-23-45(24-36-51)63(7,8)9)73-67(55-56(68)58(70)60(72)59(71)57(55)69)74-76(52-37-25-46(26-38-52)64(10,11)12,53-39-27-47(28-40-53)65(13,14)15)54-41-29-48(30-42-54)66(16,17)18/h19-42H,1-18H3. The molecular weight excluding hydrogens is 995 g/mol. The highest BCUT2D eigenvalue weighted by atomic mass is 32.3. The molecule has 0 heterocycles. The second-order valence-corrected chi connectivity index (χ2v) is 31.7. The number of rotatable bonds is 11. The van der Waals surface area contributed by atoms with Gasteiger partial charge in [-0.15, -0.1) is 0 Å². The van der Waals surface area contributed by atoms with Crippen LogP contribution in [0.3, 0.4) is 0 Å². The van der Waals surface area contributed by atoms with Crippen molar-refractivity contribution in [3.05, 3.63) is 208 Å². The highest BCUT2D eigenvalue weighted by Gasteiger charge is 2.49. The minimum absolute atomic E-state index is 0.266. The molecule has 7 rings (SSSR count). The van der Waals surface area contributed by atoms with Crippen LogP contribution < -0.4 is 5.46 Å². The molecule has 0 aromatic heterocycles. The normalized spacial score (nSPS) is 13.7. The van der Waals surface area contributed by atoms with Gasteiger partial charge < -0.3 is 8.20 Å². The lowest BCUT2D eigenvalue weighted by Gasteiger charge is -2.47. The molecule has 0 atom stereocenters. The second kappa shape index (κ2) is 20.9. The van der Waals surface area contributed by atoms with Crippen molar-refractivity contribution >= 4 is 33.2 Å². The summed E-state index contributed by atoms with van der Waals surface area (Å²) >= 11 is 0. The number of halogens is 5. The lowest BCUT2D eigenvalue weighted by molar-refractivity contribution is 0.379. The van der Waals surface area contributed by atoms with Crippen LogP contribution in [0.15, 0.2) is 175 Å². The largest absolute Gasteiger partial charge is 0.522 e. The van der Waals surface area contributed by atoms with Crippen molar-refractivity contribution in [1.82, 2.24) is 0 Å². The topological polar surface area (TPSA) is 18.5 Å². The zero-order valence-electron chi connectivity index (χ0n) is 48.0. The molecule has 0 aliphatic carbocycles. The minimum Gasteiger partial charge on any atom is -0.345 e. The van der Waals surface area contributed by atoms with Gasteiger partial charge in [-0.3, -0.25) is 0 Å². The van der Waals surface area contributed by atoms with Crippen molar-refractivity contribution in [3.63, 3.8) is 0 Å². The molecule has 76 heavy (non-hydrogen) atoms. The van der Waals surface area contributed by atoms with Gasteiger partial charge in [-0.25, -0.2) is 22.0 Å². The Morgan fingerprint density at radius 1 is 0.250 bits per heavy atom. The van der Waals surface area contributed by atoms with Gasteiger partial charge in [0.15, 0.2) is 29.1 Å². The summed E-state index contributed by atoms with van der Waals surface area (Å²) in [4.78, 5) is 3.69. The van der Waals surface area contributed by atoms with Gasteiger partial charge in [0.2, 0.25) is 0 Å². The van der Waals surface area contributed by atoms with Gasteiger partial charge >= 0.3 is 7.12 Å². The fourth-order valence-electron chi connectivity index (χ4n) is 9.23. The first-order chi connectivity index (χ1) is 35.0. The third-order valence-corrected chi connectivity index (χ3v) is 20.8. The number of hydrogen-bond acceptors (Lipinski definition) is 2. The number of hydrogen-bond donors (Lipinski definition) is 0. The molecule has 404 valence electrons. The van der Waals surface area contributed by atoms with E-state index in [9.17, 15) is 0 Å². The van der Waals surface area contributed by atoms with E-state index in [-0.39, 0.29) is 32.5 Å². The summed E-state index contributed by atoms with van der Waals surface area (Å²) in [6.45, 7) is 38.0. The second-order valence-electron chi connectivity index (χ2n) is 26.3. The number of benzene rings is 7. The first-order valence-electron chi connectivity index (χ1n) is 26.2. The van der Waals surface area contributed by atoms with Gasteiger partial charge in [0.25, 0.3) is 0 Å². The van der Waals surface area contributed by atoms with Crippen LogP contribution in [0.2, 0.25) is 0 Å². The molecule has 2 nitrogen and oxygen atoms in total. The average molecular weight is 1070 g/mol. The fourth-order valence-corrected chi connectivity index (χ4v) is 15.5. The highest BCUT2D eigenvalue weighted by molar-refractivity contribution is 8.31. The Kier molecular flexibility index (Phi) is 16.1. The van der Waals surface area contributed by atoms with E-state index in [2.05, 4.69) is 125 Å². The maximum absolute atomic E-state index is 17.5. The summed E-state index contributed by atoms with van der Waals surface area (Å²) < 4.78 is 98.5. The van der Waals surface area contributed by atoms with Crippen LogP contribution in [0.5, 0.6) is 0 Å². The van der Waals surface area contributed by atoms with Crippen LogP contribution in [-0.2, 0) is 40.7 Å². The predicted octanol–water partition coefficient (Wildman–Crippen LogP) is 19.7. The van der Waals surface area contributed by atoms with Gasteiger partial charge in [-0.2, -0.15) is 0 Å². The van der Waals surface area contributed by atoms with Crippen molar-refractivity contribution < 1.29 is 30.2 Å². The fraction of sp³-hybridized carbons (Fsp3) is 0.364. The van der Waals surface area contributed by atoms with Crippen molar-refractivity contribution in [1.29, 1.82) is 0 Å². The quantitative estimate of drug-likeness (QED) is 0.0556. The van der Waals surface area contributed by atoms with Gasteiger partial charge in [0.1, 0.15) is 0 Å². The SMILES string of the molecule is CC(C)(C)c1ccc(S(OB(OS(c2ccc(C(C)(C)C)cc2)(c2ccc(C(C)(C)C)cc2)c2ccc(C(C)(C)C)cc2)c2c(F)c(F)c(F)c(F)c2F)(c2ccc(C(C)(C)C)cc2)c2ccc(C(C)(C)C)cc2)cc1. The van der Waals surface area contributed by atoms with Gasteiger partial charge in [-0.1, -0.05) is 218 Å². The zero-order chi connectivity index (χ0) is 56.4. The van der Waals surface area contributed by atoms with Crippen LogP contribution in [0, 0.1) is 29.1 Å². The molecule has 7 aromatic rings. The van der Waals surface area contributed by atoms with E-state index in [0.717, 1.165) is 33.4 Å². The third kappa shape index (κ3) is 11.7. The molecular formula is C66H78BF5O2S2. The van der Waals surface area contributed by atoms with E-state index in [1.807, 2.05) is 146 Å². The maximum Gasteiger partial charge on any atom is 0.522 e. The lowest BCUT2D eigenvalue weighted by Crippen LogP contribution is -2.44. The summed E-state index contributed by atoms with van der Waals surface area (Å²) in [5, 5.41) is 0. The van der Waals surface area contributed by atoms with Crippen LogP contribution in [-0.4, -0.2) is 7.12 Å². The summed E-state index contributed by atoms with van der Waals surface area (Å²) in [5.41, 5.74) is 3.26. The van der Waals surface area contributed by atoms with E-state index >= 15 is 22.0 Å². The van der Waals surface area contributed by atoms with Crippen LogP contribution in [0.25, 0.3) is 0 Å². The van der Waals surface area contributed by atoms with E-state index < -0.39 is 62.3 Å². The van der Waals surface area contributed by atoms with Crippen LogP contribution in [0.1, 0.15) is 158 Å². The monoisotopic (exact) mass is 1070 g/mol. The summed E-state index contributed by atoms with van der Waals surface area (Å²) in [7, 11) is -8.90. The van der Waals surface area contributed by atoms with Crippen molar-refractivity contribution in [2.24, 2.45) is 0 Å². The van der Waals surface area contributed by atoms with Gasteiger partial charge in [0, 0.05) is 29.4 Å². The predicted molar refractivity (Wildman–Crippen MR) is 309 cm³/mol. The third-order valence-electron chi connectivity index (χ3n) is 14.3. The molecule has 0 fully saturated rings. The van der Waals surface area contributed by atoms with Gasteiger partial charge in [0.05, 0.1) is 5.46 Å². The summed E-state index contributed by atoms with van der Waals surface area (Å²) in [5.74, 6) is -10.6. The Morgan fingerprint density at radius 2 is 0.395 bits per heavy atom. The summed E-state index contributed by atoms with van der Waals surface area (Å²) in [6, 6.07) is 47.7. The Bertz CT molecular complexity index is 2660. The maximum atomic E-state index is 17.5.